The molecule has 6 nitrogen and oxygen atoms in total. The Hall–Kier alpha value is -1.73. The van der Waals surface area contributed by atoms with E-state index in [0.717, 1.165) is 42.3 Å². The average Bonchev–Trinajstić information content (AvgIpc) is 3.12. The van der Waals surface area contributed by atoms with Gasteiger partial charge in [0.1, 0.15) is 5.82 Å². The highest BCUT2D eigenvalue weighted by Gasteiger charge is 2.29. The molecule has 0 aromatic carbocycles. The van der Waals surface area contributed by atoms with Gasteiger partial charge in [0, 0.05) is 29.9 Å². The summed E-state index contributed by atoms with van der Waals surface area (Å²) in [5, 5.41) is 3.66. The van der Waals surface area contributed by atoms with Crippen LogP contribution in [-0.4, -0.2) is 44.5 Å². The highest BCUT2D eigenvalue weighted by atomic mass is 32.1. The number of aromatic nitrogens is 3. The van der Waals surface area contributed by atoms with Gasteiger partial charge in [0.25, 0.3) is 0 Å². The minimum absolute atomic E-state index is 0.0201. The third-order valence-corrected chi connectivity index (χ3v) is 5.86. The van der Waals surface area contributed by atoms with Gasteiger partial charge in [-0.15, -0.1) is 11.3 Å². The van der Waals surface area contributed by atoms with Gasteiger partial charge in [-0.05, 0) is 47.1 Å². The Morgan fingerprint density at radius 2 is 2.21 bits per heavy atom. The van der Waals surface area contributed by atoms with Crippen LogP contribution in [0.1, 0.15) is 42.2 Å². The quantitative estimate of drug-likeness (QED) is 0.924. The summed E-state index contributed by atoms with van der Waals surface area (Å²) >= 11 is 1.53. The molecule has 130 valence electrons. The summed E-state index contributed by atoms with van der Waals surface area (Å²) in [7, 11) is 0. The first kappa shape index (κ1) is 17.1. The molecule has 3 rings (SSSR count). The number of thiazole rings is 1. The van der Waals surface area contributed by atoms with Crippen molar-refractivity contribution in [2.45, 2.75) is 52.6 Å². The third-order valence-electron chi connectivity index (χ3n) is 4.87. The number of anilines is 1. The molecule has 2 aromatic rings. The van der Waals surface area contributed by atoms with Crippen molar-refractivity contribution in [3.8, 4) is 0 Å². The van der Waals surface area contributed by atoms with Crippen molar-refractivity contribution >= 4 is 22.4 Å². The first-order chi connectivity index (χ1) is 11.5. The fraction of sp³-hybridized carbons (Fsp3) is 0.588. The number of rotatable bonds is 4. The summed E-state index contributed by atoms with van der Waals surface area (Å²) in [5.74, 6) is 1.06. The van der Waals surface area contributed by atoms with E-state index in [1.165, 1.54) is 11.3 Å². The maximum absolute atomic E-state index is 12.6. The number of hydrogen-bond donors (Lipinski definition) is 1. The van der Waals surface area contributed by atoms with Gasteiger partial charge >= 0.3 is 0 Å². The average molecular weight is 347 g/mol. The number of carbonyl (C=O) groups is 1. The summed E-state index contributed by atoms with van der Waals surface area (Å²) in [6.07, 6.45) is 6.11. The van der Waals surface area contributed by atoms with E-state index >= 15 is 0 Å². The molecule has 0 aliphatic carbocycles. The first-order valence-corrected chi connectivity index (χ1v) is 9.25. The molecule has 24 heavy (non-hydrogen) atoms. The number of nitrogens with one attached hydrogen (secondary N) is 1. The number of carbonyl (C=O) groups excluding carboxylic acids is 1. The van der Waals surface area contributed by atoms with Crippen molar-refractivity contribution in [1.29, 1.82) is 0 Å². The molecule has 0 unspecified atom stereocenters. The third kappa shape index (κ3) is 3.52. The van der Waals surface area contributed by atoms with Gasteiger partial charge in [0.05, 0.1) is 11.7 Å². The zero-order valence-electron chi connectivity index (χ0n) is 14.7. The van der Waals surface area contributed by atoms with Crippen molar-refractivity contribution in [1.82, 2.24) is 19.4 Å². The topological polar surface area (TPSA) is 63.1 Å². The van der Waals surface area contributed by atoms with Gasteiger partial charge < -0.3 is 9.88 Å². The second-order valence-electron chi connectivity index (χ2n) is 6.50. The van der Waals surface area contributed by atoms with Crippen molar-refractivity contribution < 1.29 is 4.79 Å². The van der Waals surface area contributed by atoms with Crippen LogP contribution in [0.5, 0.6) is 0 Å². The van der Waals surface area contributed by atoms with Crippen molar-refractivity contribution in [2.75, 3.05) is 18.4 Å². The van der Waals surface area contributed by atoms with Gasteiger partial charge in [-0.25, -0.2) is 9.97 Å². The summed E-state index contributed by atoms with van der Waals surface area (Å²) in [5.41, 5.74) is 0.983. The fourth-order valence-corrected chi connectivity index (χ4v) is 4.06. The number of nitrogens with zero attached hydrogens (tertiary/aromatic N) is 4. The van der Waals surface area contributed by atoms with Gasteiger partial charge in [0.2, 0.25) is 5.91 Å². The zero-order valence-corrected chi connectivity index (χ0v) is 15.6. The van der Waals surface area contributed by atoms with Crippen LogP contribution in [-0.2, 0) is 4.79 Å². The molecule has 2 aromatic heterocycles. The van der Waals surface area contributed by atoms with E-state index in [-0.39, 0.29) is 11.9 Å². The molecule has 7 heteroatoms. The van der Waals surface area contributed by atoms with E-state index in [0.29, 0.717) is 11.2 Å². The second-order valence-corrected chi connectivity index (χ2v) is 7.70. The Morgan fingerprint density at radius 1 is 1.42 bits per heavy atom. The predicted octanol–water partition coefficient (Wildman–Crippen LogP) is 2.93. The lowest BCUT2D eigenvalue weighted by Gasteiger charge is -2.36. The highest BCUT2D eigenvalue weighted by Crippen LogP contribution is 2.25. The largest absolute Gasteiger partial charge is 0.331 e. The molecule has 3 heterocycles. The molecular weight excluding hydrogens is 322 g/mol. The molecule has 1 aliphatic rings. The maximum atomic E-state index is 12.6. The molecule has 1 saturated heterocycles. The molecular formula is C17H25N5OS. The smallest absolute Gasteiger partial charge is 0.243 e. The Morgan fingerprint density at radius 3 is 2.83 bits per heavy atom. The van der Waals surface area contributed by atoms with E-state index < -0.39 is 0 Å². The molecule has 0 radical (unpaired) electrons. The van der Waals surface area contributed by atoms with Crippen molar-refractivity contribution in [3.05, 3.63) is 28.8 Å². The summed E-state index contributed by atoms with van der Waals surface area (Å²) in [6, 6.07) is 0.224. The van der Waals surface area contributed by atoms with Gasteiger partial charge in [-0.1, -0.05) is 0 Å². The maximum Gasteiger partial charge on any atom is 0.243 e. The van der Waals surface area contributed by atoms with Crippen LogP contribution in [0, 0.1) is 20.8 Å². The number of likely N-dealkylation sites (tertiary alicyclic amines) is 1. The molecule has 0 spiro atoms. The normalized spacial score (nSPS) is 20.1. The number of imidazole rings is 1. The lowest BCUT2D eigenvalue weighted by atomic mass is 10.0. The van der Waals surface area contributed by atoms with Crippen LogP contribution in [0.3, 0.4) is 0 Å². The predicted molar refractivity (Wildman–Crippen MR) is 96.5 cm³/mol. The van der Waals surface area contributed by atoms with E-state index in [1.54, 1.807) is 0 Å². The van der Waals surface area contributed by atoms with Crippen LogP contribution in [0.15, 0.2) is 12.4 Å². The number of hydrogen-bond acceptors (Lipinski definition) is 5. The van der Waals surface area contributed by atoms with Crippen LogP contribution in [0.2, 0.25) is 0 Å². The molecule has 1 fully saturated rings. The minimum Gasteiger partial charge on any atom is -0.331 e. The number of piperidine rings is 1. The second kappa shape index (κ2) is 7.03. The van der Waals surface area contributed by atoms with E-state index in [1.807, 2.05) is 40.1 Å². The van der Waals surface area contributed by atoms with E-state index in [4.69, 9.17) is 0 Å². The summed E-state index contributed by atoms with van der Waals surface area (Å²) in [4.78, 5) is 24.7. The fourth-order valence-electron chi connectivity index (χ4n) is 3.24. The molecule has 2 atom stereocenters. The Labute approximate surface area is 146 Å². The van der Waals surface area contributed by atoms with Crippen molar-refractivity contribution in [3.63, 3.8) is 0 Å². The van der Waals surface area contributed by atoms with Crippen LogP contribution >= 0.6 is 11.3 Å². The molecule has 1 amide bonds. The van der Waals surface area contributed by atoms with Crippen molar-refractivity contribution in [2.24, 2.45) is 0 Å². The van der Waals surface area contributed by atoms with E-state index in [2.05, 4.69) is 24.8 Å². The lowest BCUT2D eigenvalue weighted by Crippen LogP contribution is -2.47. The minimum atomic E-state index is -0.166. The SMILES string of the molecule is Cc1nc(NC(=O)[C@H](C)N2CCC[C@H](n3ccnc3C)C2)sc1C. The Kier molecular flexibility index (Phi) is 5.01. The first-order valence-electron chi connectivity index (χ1n) is 8.44. The lowest BCUT2D eigenvalue weighted by molar-refractivity contribution is -0.121. The number of amides is 1. The Bertz CT molecular complexity index is 703. The summed E-state index contributed by atoms with van der Waals surface area (Å²) in [6.45, 7) is 9.83. The monoisotopic (exact) mass is 347 g/mol. The molecule has 0 bridgehead atoms. The standard InChI is InChI=1S/C17H25N5OS/c1-11-13(3)24-17(19-11)20-16(23)12(2)21-8-5-6-15(10-21)22-9-7-18-14(22)4/h7,9,12,15H,5-6,8,10H2,1-4H3,(H,19,20,23)/t12-,15-/m0/s1. The molecule has 0 saturated carbocycles. The van der Waals surface area contributed by atoms with Crippen LogP contribution in [0.25, 0.3) is 0 Å². The zero-order chi connectivity index (χ0) is 17.3. The number of aryl methyl sites for hydroxylation is 3. The van der Waals surface area contributed by atoms with Crippen LogP contribution < -0.4 is 5.32 Å². The molecule has 1 aliphatic heterocycles. The van der Waals surface area contributed by atoms with Crippen LogP contribution in [0.4, 0.5) is 5.13 Å². The summed E-state index contributed by atoms with van der Waals surface area (Å²) < 4.78 is 2.23. The van der Waals surface area contributed by atoms with Gasteiger partial charge in [0.15, 0.2) is 5.13 Å². The Balaban J connectivity index is 1.64. The highest BCUT2D eigenvalue weighted by molar-refractivity contribution is 7.15. The molecule has 1 N–H and O–H groups in total. The van der Waals surface area contributed by atoms with Gasteiger partial charge in [-0.2, -0.15) is 0 Å². The van der Waals surface area contributed by atoms with E-state index in [9.17, 15) is 4.79 Å². The van der Waals surface area contributed by atoms with Gasteiger partial charge in [-0.3, -0.25) is 9.69 Å².